The highest BCUT2D eigenvalue weighted by Crippen LogP contribution is 2.37. The van der Waals surface area contributed by atoms with Crippen molar-refractivity contribution in [1.82, 2.24) is 9.80 Å². The highest BCUT2D eigenvalue weighted by atomic mass is 19.4. The van der Waals surface area contributed by atoms with Crippen molar-refractivity contribution in [1.29, 1.82) is 0 Å². The number of hydrogen-bond acceptors (Lipinski definition) is 3. The minimum atomic E-state index is -4.49. The molecule has 2 aliphatic heterocycles. The molecule has 2 fully saturated rings. The number of likely N-dealkylation sites (tertiary alicyclic amines) is 1. The molecule has 0 bridgehead atoms. The molecule has 0 radical (unpaired) electrons. The van der Waals surface area contributed by atoms with E-state index < -0.39 is 23.4 Å². The summed E-state index contributed by atoms with van der Waals surface area (Å²) in [5, 5.41) is 0. The Morgan fingerprint density at radius 2 is 1.75 bits per heavy atom. The van der Waals surface area contributed by atoms with Crippen LogP contribution in [0.25, 0.3) is 0 Å². The smallest absolute Gasteiger partial charge is 0.416 e. The van der Waals surface area contributed by atoms with E-state index >= 15 is 0 Å². The van der Waals surface area contributed by atoms with Gasteiger partial charge in [0.15, 0.2) is 0 Å². The molecule has 1 spiro atoms. The molecule has 2 amide bonds. The normalized spacial score (nSPS) is 18.2. The number of hydrogen-bond donors (Lipinski definition) is 0. The highest BCUT2D eigenvalue weighted by Gasteiger charge is 2.48. The number of piperidine rings is 1. The molecular weight excluding hydrogens is 421 g/mol. The lowest BCUT2D eigenvalue weighted by atomic mass is 9.90. The minimum absolute atomic E-state index is 0.0385. The first kappa shape index (κ1) is 22.2. The summed E-state index contributed by atoms with van der Waals surface area (Å²) in [7, 11) is 0. The molecule has 0 aliphatic carbocycles. The topological polar surface area (TPSA) is 49.9 Å². The van der Waals surface area contributed by atoms with Crippen molar-refractivity contribution in [2.24, 2.45) is 0 Å². The van der Waals surface area contributed by atoms with E-state index in [1.807, 2.05) is 32.0 Å². The average molecular weight is 446 g/mol. The number of carbonyl (C=O) groups is 2. The summed E-state index contributed by atoms with van der Waals surface area (Å²) in [6.45, 7) is 4.77. The summed E-state index contributed by atoms with van der Waals surface area (Å²) in [4.78, 5) is 28.5. The van der Waals surface area contributed by atoms with Crippen LogP contribution in [0.2, 0.25) is 0 Å². The van der Waals surface area contributed by atoms with Gasteiger partial charge in [0.05, 0.1) is 12.1 Å². The first-order valence-corrected chi connectivity index (χ1v) is 10.6. The third kappa shape index (κ3) is 4.18. The van der Waals surface area contributed by atoms with E-state index in [1.165, 1.54) is 23.1 Å². The summed E-state index contributed by atoms with van der Waals surface area (Å²) in [6.07, 6.45) is -4.20. The summed E-state index contributed by atoms with van der Waals surface area (Å²) in [5.41, 5.74) is 1.17. The zero-order chi connectivity index (χ0) is 23.1. The van der Waals surface area contributed by atoms with Crippen LogP contribution in [-0.2, 0) is 17.5 Å². The van der Waals surface area contributed by atoms with Gasteiger partial charge in [-0.1, -0.05) is 30.3 Å². The Balaban J connectivity index is 1.43. The van der Waals surface area contributed by atoms with Crippen LogP contribution in [-0.4, -0.2) is 47.0 Å². The fourth-order valence-corrected chi connectivity index (χ4v) is 4.49. The molecule has 8 heteroatoms. The second kappa shape index (κ2) is 8.15. The second-order valence-corrected chi connectivity index (χ2v) is 8.60. The van der Waals surface area contributed by atoms with Gasteiger partial charge in [-0.05, 0) is 42.7 Å². The maximum atomic E-state index is 13.3. The Morgan fingerprint density at radius 3 is 2.44 bits per heavy atom. The monoisotopic (exact) mass is 446 g/mol. The van der Waals surface area contributed by atoms with E-state index in [0.717, 1.165) is 17.2 Å². The van der Waals surface area contributed by atoms with Gasteiger partial charge in [0.2, 0.25) is 0 Å². The molecule has 2 aromatic rings. The van der Waals surface area contributed by atoms with Crippen molar-refractivity contribution in [2.45, 2.75) is 45.0 Å². The van der Waals surface area contributed by atoms with Crippen molar-refractivity contribution in [3.8, 4) is 0 Å². The predicted octanol–water partition coefficient (Wildman–Crippen LogP) is 4.95. The van der Waals surface area contributed by atoms with E-state index in [9.17, 15) is 22.8 Å². The molecule has 0 saturated carbocycles. The van der Waals surface area contributed by atoms with Gasteiger partial charge >= 0.3 is 12.3 Å². The predicted molar refractivity (Wildman–Crippen MR) is 112 cm³/mol. The maximum Gasteiger partial charge on any atom is 0.416 e. The van der Waals surface area contributed by atoms with Gasteiger partial charge in [0.1, 0.15) is 5.60 Å². The zero-order valence-corrected chi connectivity index (χ0v) is 18.0. The van der Waals surface area contributed by atoms with E-state index in [1.54, 1.807) is 4.90 Å². The minimum Gasteiger partial charge on any atom is -0.441 e. The number of ether oxygens (including phenoxy) is 1. The molecule has 2 saturated heterocycles. The third-order valence-corrected chi connectivity index (χ3v) is 6.52. The molecule has 4 rings (SSSR count). The Kier molecular flexibility index (Phi) is 5.65. The lowest BCUT2D eigenvalue weighted by Gasteiger charge is -2.37. The second-order valence-electron chi connectivity index (χ2n) is 8.60. The lowest BCUT2D eigenvalue weighted by Crippen LogP contribution is -2.48. The van der Waals surface area contributed by atoms with Crippen LogP contribution < -0.4 is 0 Å². The Hall–Kier alpha value is -3.03. The largest absolute Gasteiger partial charge is 0.441 e. The summed E-state index contributed by atoms with van der Waals surface area (Å²) in [6, 6.07) is 10.9. The van der Waals surface area contributed by atoms with Crippen LogP contribution in [0.5, 0.6) is 0 Å². The molecule has 2 aromatic carbocycles. The van der Waals surface area contributed by atoms with E-state index in [-0.39, 0.29) is 24.6 Å². The van der Waals surface area contributed by atoms with Crippen LogP contribution in [0, 0.1) is 13.8 Å². The highest BCUT2D eigenvalue weighted by molar-refractivity contribution is 5.96. The van der Waals surface area contributed by atoms with E-state index in [0.29, 0.717) is 31.5 Å². The molecule has 0 unspecified atom stereocenters. The molecule has 2 aliphatic rings. The molecular formula is C24H25F3N2O3. The van der Waals surface area contributed by atoms with Gasteiger partial charge in [-0.15, -0.1) is 0 Å². The molecule has 0 atom stereocenters. The molecule has 0 N–H and O–H groups in total. The SMILES string of the molecule is Cc1cccc(C(=O)N2CCC3(CC2)CN(Cc2ccccc2C(F)(F)F)C(=O)O3)c1C. The Morgan fingerprint density at radius 1 is 1.06 bits per heavy atom. The fourth-order valence-electron chi connectivity index (χ4n) is 4.49. The number of halogens is 3. The third-order valence-electron chi connectivity index (χ3n) is 6.52. The standard InChI is InChI=1S/C24H25F3N2O3/c1-16-6-5-8-19(17(16)2)21(30)28-12-10-23(11-13-28)15-29(22(31)32-23)14-18-7-3-4-9-20(18)24(25,26)27/h3-9H,10-15H2,1-2H3. The van der Waals surface area contributed by atoms with Gasteiger partial charge < -0.3 is 9.64 Å². The van der Waals surface area contributed by atoms with Gasteiger partial charge in [0.25, 0.3) is 5.91 Å². The van der Waals surface area contributed by atoms with Crippen LogP contribution in [0.1, 0.15) is 45.5 Å². The fraction of sp³-hybridized carbons (Fsp3) is 0.417. The number of rotatable bonds is 3. The van der Waals surface area contributed by atoms with Gasteiger partial charge in [-0.2, -0.15) is 13.2 Å². The van der Waals surface area contributed by atoms with Crippen molar-refractivity contribution in [2.75, 3.05) is 19.6 Å². The average Bonchev–Trinajstić information content (AvgIpc) is 3.04. The van der Waals surface area contributed by atoms with Crippen molar-refractivity contribution < 1.29 is 27.5 Å². The first-order valence-electron chi connectivity index (χ1n) is 10.6. The zero-order valence-electron chi connectivity index (χ0n) is 18.0. The molecule has 32 heavy (non-hydrogen) atoms. The number of carbonyl (C=O) groups excluding carboxylic acids is 2. The first-order chi connectivity index (χ1) is 15.1. The Labute approximate surface area is 184 Å². The number of amides is 2. The van der Waals surface area contributed by atoms with Crippen molar-refractivity contribution in [3.05, 3.63) is 70.3 Å². The van der Waals surface area contributed by atoms with Crippen LogP contribution in [0.4, 0.5) is 18.0 Å². The van der Waals surface area contributed by atoms with E-state index in [4.69, 9.17) is 4.74 Å². The summed E-state index contributed by atoms with van der Waals surface area (Å²) in [5.74, 6) is -0.0543. The molecule has 2 heterocycles. The molecule has 0 aromatic heterocycles. The lowest BCUT2D eigenvalue weighted by molar-refractivity contribution is -0.138. The van der Waals surface area contributed by atoms with Crippen LogP contribution >= 0.6 is 0 Å². The van der Waals surface area contributed by atoms with Gasteiger partial charge in [-0.3, -0.25) is 9.69 Å². The number of benzene rings is 2. The van der Waals surface area contributed by atoms with Crippen LogP contribution in [0.15, 0.2) is 42.5 Å². The maximum absolute atomic E-state index is 13.3. The van der Waals surface area contributed by atoms with Crippen LogP contribution in [0.3, 0.4) is 0 Å². The molecule has 170 valence electrons. The summed E-state index contributed by atoms with van der Waals surface area (Å²) >= 11 is 0. The number of aryl methyl sites for hydroxylation is 1. The quantitative estimate of drug-likeness (QED) is 0.671. The molecule has 5 nitrogen and oxygen atoms in total. The summed E-state index contributed by atoms with van der Waals surface area (Å²) < 4.78 is 45.6. The van der Waals surface area contributed by atoms with Crippen molar-refractivity contribution in [3.63, 3.8) is 0 Å². The van der Waals surface area contributed by atoms with Gasteiger partial charge in [-0.25, -0.2) is 4.79 Å². The van der Waals surface area contributed by atoms with Crippen molar-refractivity contribution >= 4 is 12.0 Å². The Bertz CT molecular complexity index is 1040. The van der Waals surface area contributed by atoms with E-state index in [2.05, 4.69) is 0 Å². The van der Waals surface area contributed by atoms with Gasteiger partial charge in [0, 0.05) is 38.0 Å². The number of alkyl halides is 3. The number of nitrogens with zero attached hydrogens (tertiary/aromatic N) is 2.